The van der Waals surface area contributed by atoms with E-state index in [1.165, 1.54) is 11.3 Å². The molecule has 2 heterocycles. The fraction of sp³-hybridized carbons (Fsp3) is 0.250. The van der Waals surface area contributed by atoms with E-state index in [1.807, 2.05) is 42.6 Å². The Balaban J connectivity index is 1.98. The predicted molar refractivity (Wildman–Crippen MR) is 87.0 cm³/mol. The van der Waals surface area contributed by atoms with E-state index in [0.717, 1.165) is 34.4 Å². The summed E-state index contributed by atoms with van der Waals surface area (Å²) in [6.45, 7) is 4.89. The van der Waals surface area contributed by atoms with Crippen LogP contribution in [-0.2, 0) is 6.54 Å². The summed E-state index contributed by atoms with van der Waals surface area (Å²) in [5.41, 5.74) is 2.96. The topological polar surface area (TPSA) is 46.9 Å². The van der Waals surface area contributed by atoms with Gasteiger partial charge in [-0.2, -0.15) is 0 Å². The summed E-state index contributed by atoms with van der Waals surface area (Å²) in [5, 5.41) is 4.88. The monoisotopic (exact) mass is 299 g/mol. The van der Waals surface area contributed by atoms with E-state index in [2.05, 4.69) is 21.8 Å². The van der Waals surface area contributed by atoms with Gasteiger partial charge in [0.25, 0.3) is 5.91 Å². The number of benzene rings is 1. The number of imidazole rings is 1. The van der Waals surface area contributed by atoms with Gasteiger partial charge < -0.3 is 4.57 Å². The van der Waals surface area contributed by atoms with Crippen molar-refractivity contribution < 1.29 is 4.79 Å². The summed E-state index contributed by atoms with van der Waals surface area (Å²) >= 11 is 1.45. The zero-order valence-corrected chi connectivity index (χ0v) is 12.9. The lowest BCUT2D eigenvalue weighted by molar-refractivity contribution is 0.102. The second kappa shape index (κ2) is 5.69. The van der Waals surface area contributed by atoms with Crippen molar-refractivity contribution in [2.24, 2.45) is 0 Å². The highest BCUT2D eigenvalue weighted by atomic mass is 32.1. The minimum absolute atomic E-state index is 0.0878. The van der Waals surface area contributed by atoms with Crippen molar-refractivity contribution in [2.45, 2.75) is 26.8 Å². The zero-order chi connectivity index (χ0) is 14.8. The molecule has 108 valence electrons. The number of carbonyl (C=O) groups is 1. The molecule has 4 nitrogen and oxygen atoms in total. The van der Waals surface area contributed by atoms with Crippen LogP contribution < -0.4 is 5.32 Å². The fourth-order valence-corrected chi connectivity index (χ4v) is 3.20. The number of nitrogens with zero attached hydrogens (tertiary/aromatic N) is 2. The van der Waals surface area contributed by atoms with E-state index in [9.17, 15) is 4.79 Å². The van der Waals surface area contributed by atoms with Gasteiger partial charge in [-0.1, -0.05) is 19.1 Å². The normalized spacial score (nSPS) is 11.0. The molecule has 0 unspecified atom stereocenters. The summed E-state index contributed by atoms with van der Waals surface area (Å²) < 4.78 is 2.07. The van der Waals surface area contributed by atoms with Crippen molar-refractivity contribution in [1.29, 1.82) is 0 Å². The van der Waals surface area contributed by atoms with Gasteiger partial charge in [-0.15, -0.1) is 11.3 Å². The molecule has 0 bridgehead atoms. The minimum atomic E-state index is -0.0878. The van der Waals surface area contributed by atoms with Crippen LogP contribution in [0, 0.1) is 6.92 Å². The molecule has 21 heavy (non-hydrogen) atoms. The number of aromatic nitrogens is 2. The Morgan fingerprint density at radius 3 is 2.86 bits per heavy atom. The molecular weight excluding hydrogens is 282 g/mol. The lowest BCUT2D eigenvalue weighted by Gasteiger charge is -2.08. The van der Waals surface area contributed by atoms with E-state index in [0.29, 0.717) is 5.95 Å². The molecule has 0 aliphatic rings. The number of para-hydroxylation sites is 2. The summed E-state index contributed by atoms with van der Waals surface area (Å²) in [7, 11) is 0. The maximum Gasteiger partial charge on any atom is 0.268 e. The SMILES string of the molecule is CCCn1c(NC(=O)c2sccc2C)nc2ccccc21. The smallest absolute Gasteiger partial charge is 0.268 e. The number of aryl methyl sites for hydroxylation is 2. The lowest BCUT2D eigenvalue weighted by Crippen LogP contribution is -2.15. The largest absolute Gasteiger partial charge is 0.310 e. The highest BCUT2D eigenvalue weighted by molar-refractivity contribution is 7.12. The van der Waals surface area contributed by atoms with Crippen molar-refractivity contribution in [3.8, 4) is 0 Å². The quantitative estimate of drug-likeness (QED) is 0.789. The van der Waals surface area contributed by atoms with Gasteiger partial charge >= 0.3 is 0 Å². The molecule has 1 aromatic carbocycles. The van der Waals surface area contributed by atoms with E-state index in [-0.39, 0.29) is 5.91 Å². The molecule has 0 aliphatic carbocycles. The van der Waals surface area contributed by atoms with Crippen molar-refractivity contribution in [3.63, 3.8) is 0 Å². The standard InChI is InChI=1S/C16H17N3OS/c1-3-9-19-13-7-5-4-6-12(13)17-16(19)18-15(20)14-11(2)8-10-21-14/h4-8,10H,3,9H2,1-2H3,(H,17,18,20). The number of hydrogen-bond acceptors (Lipinski definition) is 3. The zero-order valence-electron chi connectivity index (χ0n) is 12.1. The molecule has 0 fully saturated rings. The van der Waals surface area contributed by atoms with Crippen molar-refractivity contribution >= 4 is 34.2 Å². The first-order valence-corrected chi connectivity index (χ1v) is 7.89. The van der Waals surface area contributed by atoms with Gasteiger partial charge in [-0.25, -0.2) is 4.98 Å². The van der Waals surface area contributed by atoms with E-state index >= 15 is 0 Å². The molecule has 0 atom stereocenters. The summed E-state index contributed by atoms with van der Waals surface area (Å²) in [6.07, 6.45) is 0.987. The van der Waals surface area contributed by atoms with Gasteiger partial charge in [0.15, 0.2) is 0 Å². The first-order chi connectivity index (χ1) is 10.2. The molecule has 0 saturated carbocycles. The van der Waals surface area contributed by atoms with Crippen LogP contribution in [0.2, 0.25) is 0 Å². The Morgan fingerprint density at radius 2 is 2.14 bits per heavy atom. The van der Waals surface area contributed by atoms with Crippen LogP contribution >= 0.6 is 11.3 Å². The van der Waals surface area contributed by atoms with Crippen LogP contribution in [0.3, 0.4) is 0 Å². The molecule has 1 N–H and O–H groups in total. The van der Waals surface area contributed by atoms with E-state index in [1.54, 1.807) is 0 Å². The van der Waals surface area contributed by atoms with Crippen LogP contribution in [-0.4, -0.2) is 15.5 Å². The third-order valence-corrected chi connectivity index (χ3v) is 4.41. The highest BCUT2D eigenvalue weighted by Gasteiger charge is 2.15. The second-order valence-electron chi connectivity index (χ2n) is 4.96. The summed E-state index contributed by atoms with van der Waals surface area (Å²) in [6, 6.07) is 9.90. The van der Waals surface area contributed by atoms with Gasteiger partial charge in [0.1, 0.15) is 0 Å². The van der Waals surface area contributed by atoms with Gasteiger partial charge in [0.2, 0.25) is 5.95 Å². The van der Waals surface area contributed by atoms with Crippen LogP contribution in [0.1, 0.15) is 28.6 Å². The molecule has 2 aromatic heterocycles. The average Bonchev–Trinajstić information content (AvgIpc) is 3.04. The van der Waals surface area contributed by atoms with E-state index < -0.39 is 0 Å². The Bertz CT molecular complexity index is 788. The number of thiophene rings is 1. The van der Waals surface area contributed by atoms with Crippen LogP contribution in [0.4, 0.5) is 5.95 Å². The molecule has 3 rings (SSSR count). The molecule has 0 aliphatic heterocycles. The lowest BCUT2D eigenvalue weighted by atomic mass is 10.3. The van der Waals surface area contributed by atoms with Crippen molar-refractivity contribution in [3.05, 3.63) is 46.2 Å². The number of nitrogens with one attached hydrogen (secondary N) is 1. The summed E-state index contributed by atoms with van der Waals surface area (Å²) in [5.74, 6) is 0.533. The molecule has 5 heteroatoms. The molecule has 0 saturated heterocycles. The Kier molecular flexibility index (Phi) is 3.75. The number of amides is 1. The van der Waals surface area contributed by atoms with Crippen molar-refractivity contribution in [2.75, 3.05) is 5.32 Å². The number of rotatable bonds is 4. The van der Waals surface area contributed by atoms with Gasteiger partial charge in [-0.05, 0) is 42.5 Å². The Hall–Kier alpha value is -2.14. The number of hydrogen-bond donors (Lipinski definition) is 1. The van der Waals surface area contributed by atoms with Crippen LogP contribution in [0.15, 0.2) is 35.7 Å². The maximum atomic E-state index is 12.4. The van der Waals surface area contributed by atoms with Crippen LogP contribution in [0.25, 0.3) is 11.0 Å². The summed E-state index contributed by atoms with van der Waals surface area (Å²) in [4.78, 5) is 17.7. The third kappa shape index (κ3) is 2.56. The van der Waals surface area contributed by atoms with Gasteiger partial charge in [0, 0.05) is 6.54 Å². The third-order valence-electron chi connectivity index (χ3n) is 3.40. The fourth-order valence-electron chi connectivity index (χ4n) is 2.38. The Labute approximate surface area is 127 Å². The molecular formula is C16H17N3OS. The number of fused-ring (bicyclic) bond motifs is 1. The average molecular weight is 299 g/mol. The maximum absolute atomic E-state index is 12.4. The highest BCUT2D eigenvalue weighted by Crippen LogP contribution is 2.22. The number of anilines is 1. The van der Waals surface area contributed by atoms with Gasteiger partial charge in [-0.3, -0.25) is 10.1 Å². The molecule has 3 aromatic rings. The first-order valence-electron chi connectivity index (χ1n) is 7.01. The second-order valence-corrected chi connectivity index (χ2v) is 5.88. The number of carbonyl (C=O) groups excluding carboxylic acids is 1. The van der Waals surface area contributed by atoms with Crippen molar-refractivity contribution in [1.82, 2.24) is 9.55 Å². The predicted octanol–water partition coefficient (Wildman–Crippen LogP) is 4.07. The van der Waals surface area contributed by atoms with Crippen LogP contribution in [0.5, 0.6) is 0 Å². The Morgan fingerprint density at radius 1 is 1.33 bits per heavy atom. The molecule has 1 amide bonds. The van der Waals surface area contributed by atoms with E-state index in [4.69, 9.17) is 0 Å². The molecule has 0 radical (unpaired) electrons. The van der Waals surface area contributed by atoms with Gasteiger partial charge in [0.05, 0.1) is 15.9 Å². The first kappa shape index (κ1) is 13.8. The minimum Gasteiger partial charge on any atom is -0.310 e. The molecule has 0 spiro atoms.